The van der Waals surface area contributed by atoms with Crippen LogP contribution in [-0.2, 0) is 0 Å². The standard InChI is InChI=1S/C11H14O3/c12-9-2-1-3-10(6-9)14-7-11(13)8-4-5-8/h1-3,6,8,11-13H,4-5,7H2. The summed E-state index contributed by atoms with van der Waals surface area (Å²) in [5.74, 6) is 1.21. The number of benzene rings is 1. The summed E-state index contributed by atoms with van der Waals surface area (Å²) >= 11 is 0. The quantitative estimate of drug-likeness (QED) is 0.764. The van der Waals surface area contributed by atoms with E-state index in [2.05, 4.69) is 0 Å². The summed E-state index contributed by atoms with van der Waals surface area (Å²) in [5, 5.41) is 18.7. The Morgan fingerprint density at radius 3 is 2.86 bits per heavy atom. The Labute approximate surface area is 83.0 Å². The van der Waals surface area contributed by atoms with Crippen LogP contribution in [0.25, 0.3) is 0 Å². The van der Waals surface area contributed by atoms with Gasteiger partial charge in [0, 0.05) is 6.07 Å². The number of ether oxygens (including phenoxy) is 1. The molecule has 1 aliphatic carbocycles. The van der Waals surface area contributed by atoms with E-state index in [1.807, 2.05) is 0 Å². The van der Waals surface area contributed by atoms with Gasteiger partial charge in [-0.05, 0) is 30.9 Å². The Morgan fingerprint density at radius 2 is 2.21 bits per heavy atom. The topological polar surface area (TPSA) is 49.7 Å². The first kappa shape index (κ1) is 9.34. The maximum absolute atomic E-state index is 9.53. The van der Waals surface area contributed by atoms with Crippen LogP contribution in [0, 0.1) is 5.92 Å². The monoisotopic (exact) mass is 194 g/mol. The highest BCUT2D eigenvalue weighted by molar-refractivity contribution is 5.31. The molecule has 0 spiro atoms. The molecule has 1 unspecified atom stereocenters. The molecule has 14 heavy (non-hydrogen) atoms. The van der Waals surface area contributed by atoms with Gasteiger partial charge in [0.05, 0.1) is 6.10 Å². The Kier molecular flexibility index (Phi) is 2.59. The van der Waals surface area contributed by atoms with Crippen molar-refractivity contribution in [3.05, 3.63) is 24.3 Å². The van der Waals surface area contributed by atoms with E-state index in [-0.39, 0.29) is 11.9 Å². The second-order valence-electron chi connectivity index (χ2n) is 3.71. The second kappa shape index (κ2) is 3.88. The first-order valence-electron chi connectivity index (χ1n) is 4.85. The summed E-state index contributed by atoms with van der Waals surface area (Å²) in [6, 6.07) is 6.61. The van der Waals surface area contributed by atoms with E-state index in [1.54, 1.807) is 24.3 Å². The first-order chi connectivity index (χ1) is 6.75. The van der Waals surface area contributed by atoms with Crippen LogP contribution in [0.1, 0.15) is 12.8 Å². The molecular formula is C11H14O3. The van der Waals surface area contributed by atoms with Gasteiger partial charge in [0.15, 0.2) is 0 Å². The molecule has 0 amide bonds. The number of rotatable bonds is 4. The summed E-state index contributed by atoms with van der Waals surface area (Å²) in [5.41, 5.74) is 0. The van der Waals surface area contributed by atoms with Crippen molar-refractivity contribution in [3.63, 3.8) is 0 Å². The lowest BCUT2D eigenvalue weighted by molar-refractivity contribution is 0.0893. The minimum absolute atomic E-state index is 0.184. The minimum atomic E-state index is -0.364. The normalized spacial score (nSPS) is 17.8. The van der Waals surface area contributed by atoms with Crippen molar-refractivity contribution < 1.29 is 14.9 Å². The van der Waals surface area contributed by atoms with Crippen LogP contribution in [0.5, 0.6) is 11.5 Å². The smallest absolute Gasteiger partial charge is 0.123 e. The van der Waals surface area contributed by atoms with Gasteiger partial charge in [0.2, 0.25) is 0 Å². The van der Waals surface area contributed by atoms with Crippen molar-refractivity contribution in [3.8, 4) is 11.5 Å². The van der Waals surface area contributed by atoms with Crippen LogP contribution in [0.3, 0.4) is 0 Å². The molecular weight excluding hydrogens is 180 g/mol. The number of phenols is 1. The van der Waals surface area contributed by atoms with Crippen molar-refractivity contribution in [2.75, 3.05) is 6.61 Å². The van der Waals surface area contributed by atoms with E-state index >= 15 is 0 Å². The van der Waals surface area contributed by atoms with Gasteiger partial charge in [-0.15, -0.1) is 0 Å². The lowest BCUT2D eigenvalue weighted by Gasteiger charge is -2.11. The molecule has 1 saturated carbocycles. The van der Waals surface area contributed by atoms with Crippen LogP contribution in [0.2, 0.25) is 0 Å². The van der Waals surface area contributed by atoms with E-state index < -0.39 is 0 Å². The SMILES string of the molecule is Oc1cccc(OCC(O)C2CC2)c1. The molecule has 0 heterocycles. The fourth-order valence-electron chi connectivity index (χ4n) is 1.37. The zero-order valence-electron chi connectivity index (χ0n) is 7.89. The second-order valence-corrected chi connectivity index (χ2v) is 3.71. The molecule has 0 bridgehead atoms. The lowest BCUT2D eigenvalue weighted by atomic mass is 10.2. The van der Waals surface area contributed by atoms with Crippen LogP contribution < -0.4 is 4.74 Å². The molecule has 2 rings (SSSR count). The maximum atomic E-state index is 9.53. The molecule has 0 aliphatic heterocycles. The third-order valence-corrected chi connectivity index (χ3v) is 2.40. The van der Waals surface area contributed by atoms with Crippen molar-refractivity contribution in [2.45, 2.75) is 18.9 Å². The Balaban J connectivity index is 1.84. The molecule has 1 atom stereocenters. The molecule has 1 aliphatic rings. The average molecular weight is 194 g/mol. The van der Waals surface area contributed by atoms with Crippen LogP contribution >= 0.6 is 0 Å². The highest BCUT2D eigenvalue weighted by Gasteiger charge is 2.29. The van der Waals surface area contributed by atoms with Gasteiger partial charge >= 0.3 is 0 Å². The van der Waals surface area contributed by atoms with Crippen molar-refractivity contribution in [1.82, 2.24) is 0 Å². The third-order valence-electron chi connectivity index (χ3n) is 2.40. The molecule has 0 radical (unpaired) electrons. The van der Waals surface area contributed by atoms with Gasteiger partial charge in [-0.25, -0.2) is 0 Å². The Bertz CT molecular complexity index is 307. The van der Waals surface area contributed by atoms with Gasteiger partial charge in [0.25, 0.3) is 0 Å². The number of aliphatic hydroxyl groups excluding tert-OH is 1. The molecule has 1 fully saturated rings. The van der Waals surface area contributed by atoms with Crippen LogP contribution in [-0.4, -0.2) is 22.9 Å². The number of aliphatic hydroxyl groups is 1. The number of hydrogen-bond acceptors (Lipinski definition) is 3. The van der Waals surface area contributed by atoms with E-state index in [1.165, 1.54) is 0 Å². The summed E-state index contributed by atoms with van der Waals surface area (Å²) in [7, 11) is 0. The first-order valence-corrected chi connectivity index (χ1v) is 4.85. The van der Waals surface area contributed by atoms with Crippen molar-refractivity contribution in [2.24, 2.45) is 5.92 Å². The van der Waals surface area contributed by atoms with Gasteiger partial charge in [-0.2, -0.15) is 0 Å². The number of aromatic hydroxyl groups is 1. The van der Waals surface area contributed by atoms with Gasteiger partial charge < -0.3 is 14.9 Å². The van der Waals surface area contributed by atoms with Crippen molar-refractivity contribution in [1.29, 1.82) is 0 Å². The highest BCUT2D eigenvalue weighted by atomic mass is 16.5. The van der Waals surface area contributed by atoms with Gasteiger partial charge in [-0.3, -0.25) is 0 Å². The molecule has 3 heteroatoms. The largest absolute Gasteiger partial charge is 0.508 e. The molecule has 3 nitrogen and oxygen atoms in total. The van der Waals surface area contributed by atoms with Gasteiger partial charge in [-0.1, -0.05) is 6.07 Å². The minimum Gasteiger partial charge on any atom is -0.508 e. The van der Waals surface area contributed by atoms with Crippen LogP contribution in [0.15, 0.2) is 24.3 Å². The number of hydrogen-bond donors (Lipinski definition) is 2. The van der Waals surface area contributed by atoms with Gasteiger partial charge in [0.1, 0.15) is 18.1 Å². The lowest BCUT2D eigenvalue weighted by Crippen LogP contribution is -2.19. The average Bonchev–Trinajstić information content (AvgIpc) is 2.97. The predicted octanol–water partition coefficient (Wildman–Crippen LogP) is 1.54. The molecule has 1 aromatic rings. The molecule has 1 aromatic carbocycles. The summed E-state index contributed by atoms with van der Waals surface area (Å²) < 4.78 is 5.34. The third kappa shape index (κ3) is 2.39. The zero-order valence-corrected chi connectivity index (χ0v) is 7.89. The van der Waals surface area contributed by atoms with Crippen LogP contribution in [0.4, 0.5) is 0 Å². The summed E-state index contributed by atoms with van der Waals surface area (Å²) in [6.45, 7) is 0.314. The van der Waals surface area contributed by atoms with Crippen molar-refractivity contribution >= 4 is 0 Å². The van der Waals surface area contributed by atoms with E-state index in [9.17, 15) is 5.11 Å². The fraction of sp³-hybridized carbons (Fsp3) is 0.455. The highest BCUT2D eigenvalue weighted by Crippen LogP contribution is 2.32. The predicted molar refractivity (Wildman–Crippen MR) is 52.3 cm³/mol. The van der Waals surface area contributed by atoms with E-state index in [4.69, 9.17) is 9.84 Å². The maximum Gasteiger partial charge on any atom is 0.123 e. The van der Waals surface area contributed by atoms with E-state index in [0.717, 1.165) is 12.8 Å². The molecule has 76 valence electrons. The molecule has 0 saturated heterocycles. The summed E-state index contributed by atoms with van der Waals surface area (Å²) in [6.07, 6.45) is 1.84. The molecule has 2 N–H and O–H groups in total. The fourth-order valence-corrected chi connectivity index (χ4v) is 1.37. The Morgan fingerprint density at radius 1 is 1.43 bits per heavy atom. The van der Waals surface area contributed by atoms with E-state index in [0.29, 0.717) is 18.3 Å². The zero-order chi connectivity index (χ0) is 9.97. The summed E-state index contributed by atoms with van der Waals surface area (Å²) in [4.78, 5) is 0. The Hall–Kier alpha value is -1.22. The molecule has 0 aromatic heterocycles. The number of phenolic OH excluding ortho intramolecular Hbond substituents is 1.